The molecule has 3 aromatic rings. The molecular formula is C13H15N5O2. The van der Waals surface area contributed by atoms with Crippen LogP contribution in [0.4, 0.5) is 11.6 Å². The Hall–Kier alpha value is -2.70. The number of anilines is 2. The van der Waals surface area contributed by atoms with E-state index in [0.29, 0.717) is 24.1 Å². The van der Waals surface area contributed by atoms with E-state index in [9.17, 15) is 0 Å². The fourth-order valence-electron chi connectivity index (χ4n) is 2.03. The van der Waals surface area contributed by atoms with Crippen LogP contribution < -0.4 is 15.8 Å². The number of rotatable bonds is 4. The van der Waals surface area contributed by atoms with Crippen molar-refractivity contribution in [1.82, 2.24) is 14.7 Å². The van der Waals surface area contributed by atoms with Crippen LogP contribution in [0.2, 0.25) is 0 Å². The molecule has 0 amide bonds. The van der Waals surface area contributed by atoms with Gasteiger partial charge in [0.1, 0.15) is 5.52 Å². The number of benzene rings is 1. The molecule has 0 aliphatic carbocycles. The van der Waals surface area contributed by atoms with Gasteiger partial charge in [0.25, 0.3) is 5.88 Å². The summed E-state index contributed by atoms with van der Waals surface area (Å²) in [4.78, 5) is 4.35. The fourth-order valence-corrected chi connectivity index (χ4v) is 2.03. The molecule has 2 heterocycles. The zero-order valence-corrected chi connectivity index (χ0v) is 11.3. The van der Waals surface area contributed by atoms with Crippen molar-refractivity contribution >= 4 is 22.7 Å². The average molecular weight is 273 g/mol. The maximum Gasteiger partial charge on any atom is 0.254 e. The van der Waals surface area contributed by atoms with Crippen LogP contribution in [0.5, 0.6) is 5.88 Å². The predicted octanol–water partition coefficient (Wildman–Crippen LogP) is 1.76. The molecule has 0 aliphatic rings. The summed E-state index contributed by atoms with van der Waals surface area (Å²) in [5, 5.41) is 7.01. The molecule has 7 heteroatoms. The van der Waals surface area contributed by atoms with Gasteiger partial charge >= 0.3 is 0 Å². The first-order valence-electron chi connectivity index (χ1n) is 6.13. The quantitative estimate of drug-likeness (QED) is 0.752. The van der Waals surface area contributed by atoms with Crippen LogP contribution in [-0.4, -0.2) is 21.8 Å². The topological polar surface area (TPSA) is 91.1 Å². The molecule has 0 bridgehead atoms. The highest BCUT2D eigenvalue weighted by molar-refractivity contribution is 5.90. The van der Waals surface area contributed by atoms with Crippen molar-refractivity contribution in [3.63, 3.8) is 0 Å². The van der Waals surface area contributed by atoms with E-state index in [1.54, 1.807) is 13.2 Å². The van der Waals surface area contributed by atoms with Crippen molar-refractivity contribution in [1.29, 1.82) is 0 Å². The third kappa shape index (κ3) is 2.03. The number of nitrogens with two attached hydrogens (primary N) is 1. The van der Waals surface area contributed by atoms with Crippen LogP contribution >= 0.6 is 0 Å². The summed E-state index contributed by atoms with van der Waals surface area (Å²) in [5.74, 6) is 1.63. The highest BCUT2D eigenvalue weighted by Gasteiger charge is 2.10. The molecule has 3 rings (SSSR count). The SMILES string of the molecule is COc1cc(CNc2cccc3c2nc(N)n3C)on1. The smallest absolute Gasteiger partial charge is 0.254 e. The Morgan fingerprint density at radius 3 is 3.05 bits per heavy atom. The Labute approximate surface area is 115 Å². The summed E-state index contributed by atoms with van der Waals surface area (Å²) in [6.07, 6.45) is 0. The summed E-state index contributed by atoms with van der Waals surface area (Å²) < 4.78 is 11.9. The molecule has 0 spiro atoms. The molecule has 7 nitrogen and oxygen atoms in total. The van der Waals surface area contributed by atoms with E-state index in [0.717, 1.165) is 16.7 Å². The summed E-state index contributed by atoms with van der Waals surface area (Å²) in [5.41, 5.74) is 8.53. The third-order valence-corrected chi connectivity index (χ3v) is 3.15. The summed E-state index contributed by atoms with van der Waals surface area (Å²) in [7, 11) is 3.43. The standard InChI is InChI=1S/C13H15N5O2/c1-18-10-5-3-4-9(12(10)16-13(18)14)15-7-8-6-11(19-2)17-20-8/h3-6,15H,7H2,1-2H3,(H2,14,16). The molecule has 0 saturated carbocycles. The van der Waals surface area contributed by atoms with Crippen molar-refractivity contribution in [3.8, 4) is 5.88 Å². The van der Waals surface area contributed by atoms with E-state index in [-0.39, 0.29) is 0 Å². The number of nitrogens with one attached hydrogen (secondary N) is 1. The van der Waals surface area contributed by atoms with Crippen molar-refractivity contribution in [2.24, 2.45) is 7.05 Å². The lowest BCUT2D eigenvalue weighted by Crippen LogP contribution is -1.99. The molecule has 0 unspecified atom stereocenters. The minimum Gasteiger partial charge on any atom is -0.479 e. The highest BCUT2D eigenvalue weighted by Crippen LogP contribution is 2.24. The van der Waals surface area contributed by atoms with Gasteiger partial charge in [-0.25, -0.2) is 4.98 Å². The van der Waals surface area contributed by atoms with Crippen LogP contribution in [-0.2, 0) is 13.6 Å². The molecule has 20 heavy (non-hydrogen) atoms. The van der Waals surface area contributed by atoms with Crippen LogP contribution in [0.25, 0.3) is 11.0 Å². The highest BCUT2D eigenvalue weighted by atomic mass is 16.5. The molecular weight excluding hydrogens is 258 g/mol. The van der Waals surface area contributed by atoms with Gasteiger partial charge in [-0.05, 0) is 17.3 Å². The minimum atomic E-state index is 0.460. The Balaban J connectivity index is 1.85. The summed E-state index contributed by atoms with van der Waals surface area (Å²) >= 11 is 0. The Morgan fingerprint density at radius 1 is 1.45 bits per heavy atom. The normalized spacial score (nSPS) is 10.9. The van der Waals surface area contributed by atoms with Gasteiger partial charge in [-0.2, -0.15) is 0 Å². The van der Waals surface area contributed by atoms with E-state index in [1.807, 2.05) is 29.8 Å². The van der Waals surface area contributed by atoms with Crippen LogP contribution in [0.1, 0.15) is 5.76 Å². The average Bonchev–Trinajstić information content (AvgIpc) is 3.03. The number of hydrogen-bond donors (Lipinski definition) is 2. The van der Waals surface area contributed by atoms with Gasteiger partial charge in [0, 0.05) is 13.1 Å². The molecule has 0 radical (unpaired) electrons. The molecule has 104 valence electrons. The first kappa shape index (κ1) is 12.3. The van der Waals surface area contributed by atoms with Crippen molar-refractivity contribution in [2.45, 2.75) is 6.54 Å². The number of fused-ring (bicyclic) bond motifs is 1. The lowest BCUT2D eigenvalue weighted by atomic mass is 10.2. The Kier molecular flexibility index (Phi) is 2.94. The lowest BCUT2D eigenvalue weighted by molar-refractivity contribution is 0.328. The first-order chi connectivity index (χ1) is 9.69. The van der Waals surface area contributed by atoms with E-state index >= 15 is 0 Å². The fraction of sp³-hybridized carbons (Fsp3) is 0.231. The zero-order valence-electron chi connectivity index (χ0n) is 11.3. The second-order valence-electron chi connectivity index (χ2n) is 4.39. The molecule has 3 N–H and O–H groups in total. The number of para-hydroxylation sites is 1. The van der Waals surface area contributed by atoms with Crippen LogP contribution in [0.3, 0.4) is 0 Å². The van der Waals surface area contributed by atoms with E-state index < -0.39 is 0 Å². The number of aryl methyl sites for hydroxylation is 1. The van der Waals surface area contributed by atoms with Gasteiger partial charge in [0.2, 0.25) is 5.95 Å². The van der Waals surface area contributed by atoms with Gasteiger partial charge in [-0.3, -0.25) is 0 Å². The number of aromatic nitrogens is 3. The van der Waals surface area contributed by atoms with Gasteiger partial charge in [-0.1, -0.05) is 6.07 Å². The summed E-state index contributed by atoms with van der Waals surface area (Å²) in [6.45, 7) is 0.492. The molecule has 0 aliphatic heterocycles. The molecule has 0 fully saturated rings. The van der Waals surface area contributed by atoms with Crippen molar-refractivity contribution in [2.75, 3.05) is 18.2 Å². The lowest BCUT2D eigenvalue weighted by Gasteiger charge is -2.04. The molecule has 1 aromatic carbocycles. The monoisotopic (exact) mass is 273 g/mol. The van der Waals surface area contributed by atoms with Crippen LogP contribution in [0.15, 0.2) is 28.8 Å². The molecule has 0 saturated heterocycles. The predicted molar refractivity (Wildman–Crippen MR) is 75.5 cm³/mol. The number of methoxy groups -OCH3 is 1. The van der Waals surface area contributed by atoms with E-state index in [2.05, 4.69) is 15.5 Å². The van der Waals surface area contributed by atoms with Crippen molar-refractivity contribution < 1.29 is 9.26 Å². The third-order valence-electron chi connectivity index (χ3n) is 3.15. The largest absolute Gasteiger partial charge is 0.479 e. The number of hydrogen-bond acceptors (Lipinski definition) is 6. The first-order valence-corrected chi connectivity index (χ1v) is 6.13. The van der Waals surface area contributed by atoms with Crippen molar-refractivity contribution in [3.05, 3.63) is 30.0 Å². The van der Waals surface area contributed by atoms with Gasteiger partial charge in [-0.15, -0.1) is 0 Å². The maximum absolute atomic E-state index is 5.83. The second-order valence-corrected chi connectivity index (χ2v) is 4.39. The Morgan fingerprint density at radius 2 is 2.30 bits per heavy atom. The molecule has 2 aromatic heterocycles. The zero-order chi connectivity index (χ0) is 14.1. The van der Waals surface area contributed by atoms with E-state index in [4.69, 9.17) is 15.0 Å². The van der Waals surface area contributed by atoms with Gasteiger partial charge in [0.15, 0.2) is 5.76 Å². The maximum atomic E-state index is 5.83. The van der Waals surface area contributed by atoms with Crippen LogP contribution in [0, 0.1) is 0 Å². The second kappa shape index (κ2) is 4.76. The molecule has 0 atom stereocenters. The minimum absolute atomic E-state index is 0.460. The summed E-state index contributed by atoms with van der Waals surface area (Å²) in [6, 6.07) is 7.61. The number of imidazole rings is 1. The van der Waals surface area contributed by atoms with Gasteiger partial charge < -0.3 is 24.9 Å². The Bertz CT molecular complexity index is 746. The van der Waals surface area contributed by atoms with E-state index in [1.165, 1.54) is 0 Å². The van der Waals surface area contributed by atoms with Gasteiger partial charge in [0.05, 0.1) is 24.9 Å². The number of ether oxygens (including phenoxy) is 1. The number of nitrogens with zero attached hydrogens (tertiary/aromatic N) is 3. The number of nitrogen functional groups attached to an aromatic ring is 1.